The van der Waals surface area contributed by atoms with Crippen molar-refractivity contribution >= 4 is 28.6 Å². The lowest BCUT2D eigenvalue weighted by molar-refractivity contribution is -0.0386. The van der Waals surface area contributed by atoms with Crippen LogP contribution in [0.25, 0.3) is 10.9 Å². The summed E-state index contributed by atoms with van der Waals surface area (Å²) >= 11 is 1.89. The minimum absolute atomic E-state index is 0.0927. The van der Waals surface area contributed by atoms with E-state index in [1.165, 1.54) is 19.2 Å². The molecule has 132 valence electrons. The van der Waals surface area contributed by atoms with Gasteiger partial charge in [-0.1, -0.05) is 18.2 Å². The Morgan fingerprint density at radius 3 is 2.64 bits per heavy atom. The molecule has 2 aromatic rings. The lowest BCUT2D eigenvalue weighted by atomic mass is 9.75. The predicted octanol–water partition coefficient (Wildman–Crippen LogP) is 2.90. The van der Waals surface area contributed by atoms with Gasteiger partial charge in [0.25, 0.3) is 11.5 Å². The zero-order valence-corrected chi connectivity index (χ0v) is 15.0. The minimum Gasteiger partial charge on any atom is -0.385 e. The monoisotopic (exact) mass is 358 g/mol. The number of carbonyl (C=O) groups excluding carboxylic acids is 1. The number of aromatic nitrogens is 1. The van der Waals surface area contributed by atoms with E-state index in [1.54, 1.807) is 12.1 Å². The summed E-state index contributed by atoms with van der Waals surface area (Å²) in [6, 6.07) is 7.04. The number of carbonyl (C=O) groups is 1. The number of benzene rings is 1. The second-order valence-corrected chi connectivity index (χ2v) is 7.32. The first-order valence-corrected chi connectivity index (χ1v) is 9.47. The van der Waals surface area contributed by atoms with Crippen LogP contribution < -0.4 is 10.9 Å². The standard InChI is InChI=1S/C15H16N2O3.C4H6S/c1-16-13(18)11-7-9-3-4-10(15(20)5-2-6-15)8-12(9)17-14(11)19;1-2-4-5-3-1/h3-4,7-8,20H,2,5-6H2,1H3,(H,16,18)(H,17,19);1,3H,2,4H2. The molecule has 6 heteroatoms. The van der Waals surface area contributed by atoms with Crippen LogP contribution in [0.5, 0.6) is 0 Å². The number of fused-ring (bicyclic) bond motifs is 1. The van der Waals surface area contributed by atoms with Gasteiger partial charge in [0.15, 0.2) is 0 Å². The molecule has 1 aromatic heterocycles. The van der Waals surface area contributed by atoms with Crippen molar-refractivity contribution in [3.05, 3.63) is 57.2 Å². The maximum absolute atomic E-state index is 11.9. The van der Waals surface area contributed by atoms with Crippen LogP contribution >= 0.6 is 11.8 Å². The van der Waals surface area contributed by atoms with Crippen LogP contribution in [0.3, 0.4) is 0 Å². The van der Waals surface area contributed by atoms with Crippen molar-refractivity contribution in [2.24, 2.45) is 0 Å². The molecule has 0 unspecified atom stereocenters. The van der Waals surface area contributed by atoms with E-state index < -0.39 is 17.1 Å². The number of thioether (sulfide) groups is 1. The van der Waals surface area contributed by atoms with Crippen LogP contribution in [0.2, 0.25) is 0 Å². The molecule has 1 aliphatic heterocycles. The first-order valence-electron chi connectivity index (χ1n) is 8.42. The van der Waals surface area contributed by atoms with Gasteiger partial charge < -0.3 is 15.4 Å². The Kier molecular flexibility index (Phi) is 5.30. The smallest absolute Gasteiger partial charge is 0.261 e. The highest BCUT2D eigenvalue weighted by molar-refractivity contribution is 8.02. The van der Waals surface area contributed by atoms with E-state index in [-0.39, 0.29) is 5.56 Å². The van der Waals surface area contributed by atoms with Gasteiger partial charge in [0, 0.05) is 18.3 Å². The first-order chi connectivity index (χ1) is 12.0. The third-order valence-electron chi connectivity index (χ3n) is 4.63. The van der Waals surface area contributed by atoms with Crippen molar-refractivity contribution in [3.63, 3.8) is 0 Å². The predicted molar refractivity (Wildman–Crippen MR) is 102 cm³/mol. The van der Waals surface area contributed by atoms with Crippen molar-refractivity contribution in [1.29, 1.82) is 0 Å². The fourth-order valence-electron chi connectivity index (χ4n) is 2.93. The lowest BCUT2D eigenvalue weighted by Gasteiger charge is -2.37. The largest absolute Gasteiger partial charge is 0.385 e. The highest BCUT2D eigenvalue weighted by Crippen LogP contribution is 2.41. The molecule has 0 atom stereocenters. The van der Waals surface area contributed by atoms with Crippen molar-refractivity contribution < 1.29 is 9.90 Å². The molecular formula is C19H22N2O3S. The molecule has 4 rings (SSSR count). The first kappa shape index (κ1) is 17.8. The number of hydrogen-bond donors (Lipinski definition) is 3. The molecule has 5 nitrogen and oxygen atoms in total. The molecule has 0 spiro atoms. The Hall–Kier alpha value is -2.05. The number of H-pyrrole nitrogens is 1. The van der Waals surface area contributed by atoms with E-state index in [4.69, 9.17) is 0 Å². The van der Waals surface area contributed by atoms with E-state index in [9.17, 15) is 14.7 Å². The van der Waals surface area contributed by atoms with Crippen molar-refractivity contribution in [2.75, 3.05) is 12.8 Å². The molecule has 25 heavy (non-hydrogen) atoms. The van der Waals surface area contributed by atoms with Crippen LogP contribution in [0.15, 0.2) is 40.5 Å². The van der Waals surface area contributed by atoms with Crippen molar-refractivity contribution in [2.45, 2.75) is 31.3 Å². The zero-order valence-electron chi connectivity index (χ0n) is 14.2. The summed E-state index contributed by atoms with van der Waals surface area (Å²) in [6.45, 7) is 0. The molecule has 1 aliphatic carbocycles. The summed E-state index contributed by atoms with van der Waals surface area (Å²) in [5.41, 5.74) is 0.370. The average Bonchev–Trinajstić information content (AvgIpc) is 3.17. The number of hydrogen-bond acceptors (Lipinski definition) is 4. The Labute approximate surface area is 150 Å². The summed E-state index contributed by atoms with van der Waals surface area (Å²) in [5, 5.41) is 15.7. The van der Waals surface area contributed by atoms with Crippen LogP contribution in [0.4, 0.5) is 0 Å². The van der Waals surface area contributed by atoms with E-state index in [1.807, 2.05) is 23.9 Å². The van der Waals surface area contributed by atoms with Gasteiger partial charge in [-0.25, -0.2) is 0 Å². The number of aliphatic hydroxyl groups is 1. The van der Waals surface area contributed by atoms with E-state index in [0.29, 0.717) is 5.52 Å². The maximum Gasteiger partial charge on any atom is 0.261 e. The Morgan fingerprint density at radius 2 is 2.12 bits per heavy atom. The van der Waals surface area contributed by atoms with E-state index in [0.717, 1.165) is 30.2 Å². The fraction of sp³-hybridized carbons (Fsp3) is 0.368. The van der Waals surface area contributed by atoms with Gasteiger partial charge in [-0.3, -0.25) is 9.59 Å². The molecule has 0 saturated heterocycles. The summed E-state index contributed by atoms with van der Waals surface area (Å²) in [5.74, 6) is 0.898. The molecule has 3 N–H and O–H groups in total. The van der Waals surface area contributed by atoms with E-state index >= 15 is 0 Å². The van der Waals surface area contributed by atoms with Crippen LogP contribution in [0.1, 0.15) is 41.6 Å². The molecule has 0 radical (unpaired) electrons. The zero-order chi connectivity index (χ0) is 17.9. The van der Waals surface area contributed by atoms with Gasteiger partial charge in [0.05, 0.1) is 5.60 Å². The second-order valence-electron chi connectivity index (χ2n) is 6.31. The van der Waals surface area contributed by atoms with Gasteiger partial charge in [-0.2, -0.15) is 0 Å². The second kappa shape index (κ2) is 7.45. The van der Waals surface area contributed by atoms with Crippen molar-refractivity contribution in [1.82, 2.24) is 10.3 Å². The topological polar surface area (TPSA) is 82.2 Å². The summed E-state index contributed by atoms with van der Waals surface area (Å²) in [7, 11) is 1.49. The molecule has 1 aromatic carbocycles. The highest BCUT2D eigenvalue weighted by atomic mass is 32.2. The van der Waals surface area contributed by atoms with Gasteiger partial charge >= 0.3 is 0 Å². The summed E-state index contributed by atoms with van der Waals surface area (Å²) in [4.78, 5) is 26.2. The quantitative estimate of drug-likeness (QED) is 0.771. The number of pyridine rings is 1. The molecule has 1 amide bonds. The number of amides is 1. The van der Waals surface area contributed by atoms with Gasteiger partial charge in [-0.05, 0) is 54.2 Å². The van der Waals surface area contributed by atoms with Gasteiger partial charge in [0.2, 0.25) is 0 Å². The number of nitrogens with one attached hydrogen (secondary N) is 2. The van der Waals surface area contributed by atoms with Crippen LogP contribution in [-0.2, 0) is 5.60 Å². The Balaban J connectivity index is 0.000000314. The molecule has 1 fully saturated rings. The van der Waals surface area contributed by atoms with Crippen LogP contribution in [-0.4, -0.2) is 28.8 Å². The molecule has 2 aliphatic rings. The normalized spacial score (nSPS) is 17.5. The van der Waals surface area contributed by atoms with E-state index in [2.05, 4.69) is 21.8 Å². The fourth-order valence-corrected chi connectivity index (χ4v) is 3.61. The molecule has 0 bridgehead atoms. The highest BCUT2D eigenvalue weighted by Gasteiger charge is 2.36. The van der Waals surface area contributed by atoms with Crippen molar-refractivity contribution in [3.8, 4) is 0 Å². The maximum atomic E-state index is 11.9. The van der Waals surface area contributed by atoms with Gasteiger partial charge in [0.1, 0.15) is 5.56 Å². The number of aromatic amines is 1. The summed E-state index contributed by atoms with van der Waals surface area (Å²) in [6.07, 6.45) is 5.99. The number of rotatable bonds is 2. The SMILES string of the molecule is C1=CSCC1.CNC(=O)c1cc2ccc(C3(O)CCC3)cc2[nH]c1=O. The van der Waals surface area contributed by atoms with Gasteiger partial charge in [-0.15, -0.1) is 11.8 Å². The third-order valence-corrected chi connectivity index (χ3v) is 5.49. The Bertz CT molecular complexity index is 863. The Morgan fingerprint density at radius 1 is 1.32 bits per heavy atom. The lowest BCUT2D eigenvalue weighted by Crippen LogP contribution is -2.33. The molecular weight excluding hydrogens is 336 g/mol. The van der Waals surface area contributed by atoms with Crippen LogP contribution in [0, 0.1) is 0 Å². The summed E-state index contributed by atoms with van der Waals surface area (Å²) < 4.78 is 0. The molecule has 1 saturated carbocycles. The number of allylic oxidation sites excluding steroid dienone is 1. The average molecular weight is 358 g/mol. The molecule has 2 heterocycles. The third kappa shape index (κ3) is 3.80. The minimum atomic E-state index is -0.759.